The van der Waals surface area contributed by atoms with Crippen LogP contribution in [0.4, 0.5) is 18.9 Å². The standard InChI is InChI=1S/C12H12F3NO3/c1-7-8(11(18)19-2)4-3-5-9(7)16-10(17)6-12(13,14)15/h3-5H,6H2,1-2H3,(H,16,17). The summed E-state index contributed by atoms with van der Waals surface area (Å²) in [7, 11) is 1.19. The molecule has 0 aromatic heterocycles. The Kier molecular flexibility index (Phi) is 4.52. The lowest BCUT2D eigenvalue weighted by Gasteiger charge is -2.12. The van der Waals surface area contributed by atoms with Gasteiger partial charge in [-0.1, -0.05) is 6.07 Å². The minimum atomic E-state index is -4.57. The van der Waals surface area contributed by atoms with Crippen molar-refractivity contribution in [3.05, 3.63) is 29.3 Å². The number of rotatable bonds is 3. The van der Waals surface area contributed by atoms with Crippen LogP contribution in [0.3, 0.4) is 0 Å². The molecule has 1 aromatic carbocycles. The van der Waals surface area contributed by atoms with Gasteiger partial charge >= 0.3 is 12.1 Å². The number of amides is 1. The predicted molar refractivity (Wildman–Crippen MR) is 61.8 cm³/mol. The number of ether oxygens (including phenoxy) is 1. The van der Waals surface area contributed by atoms with E-state index in [1.165, 1.54) is 32.2 Å². The second-order valence-corrected chi connectivity index (χ2v) is 3.81. The third-order valence-corrected chi connectivity index (χ3v) is 2.37. The Morgan fingerprint density at radius 2 is 1.95 bits per heavy atom. The molecule has 0 aliphatic heterocycles. The van der Waals surface area contributed by atoms with Crippen molar-refractivity contribution in [1.29, 1.82) is 0 Å². The Labute approximate surface area is 107 Å². The lowest BCUT2D eigenvalue weighted by molar-refractivity contribution is -0.150. The van der Waals surface area contributed by atoms with Crippen LogP contribution in [-0.2, 0) is 9.53 Å². The first-order chi connectivity index (χ1) is 8.74. The van der Waals surface area contributed by atoms with Gasteiger partial charge in [0.25, 0.3) is 0 Å². The molecule has 104 valence electrons. The molecule has 0 aliphatic carbocycles. The third kappa shape index (κ3) is 4.27. The number of nitrogens with one attached hydrogen (secondary N) is 1. The van der Waals surface area contributed by atoms with Crippen LogP contribution in [0.2, 0.25) is 0 Å². The molecule has 0 unspecified atom stereocenters. The average Bonchev–Trinajstić information content (AvgIpc) is 2.28. The molecule has 7 heteroatoms. The van der Waals surface area contributed by atoms with Gasteiger partial charge in [-0.3, -0.25) is 4.79 Å². The maximum Gasteiger partial charge on any atom is 0.397 e. The summed E-state index contributed by atoms with van der Waals surface area (Å²) in [6.45, 7) is 1.51. The number of carbonyl (C=O) groups excluding carboxylic acids is 2. The molecule has 0 saturated heterocycles. The molecule has 0 bridgehead atoms. The summed E-state index contributed by atoms with van der Waals surface area (Å²) in [4.78, 5) is 22.6. The molecule has 1 N–H and O–H groups in total. The van der Waals surface area contributed by atoms with Gasteiger partial charge in [0, 0.05) is 5.69 Å². The number of alkyl halides is 3. The van der Waals surface area contributed by atoms with Crippen LogP contribution in [0.1, 0.15) is 22.3 Å². The lowest BCUT2D eigenvalue weighted by Crippen LogP contribution is -2.21. The van der Waals surface area contributed by atoms with Gasteiger partial charge in [-0.15, -0.1) is 0 Å². The van der Waals surface area contributed by atoms with Crippen LogP contribution in [-0.4, -0.2) is 25.2 Å². The number of benzene rings is 1. The van der Waals surface area contributed by atoms with Crippen molar-refractivity contribution in [2.75, 3.05) is 12.4 Å². The predicted octanol–water partition coefficient (Wildman–Crippen LogP) is 2.67. The monoisotopic (exact) mass is 275 g/mol. The number of methoxy groups -OCH3 is 1. The minimum Gasteiger partial charge on any atom is -0.465 e. The maximum absolute atomic E-state index is 12.0. The molecule has 4 nitrogen and oxygen atoms in total. The van der Waals surface area contributed by atoms with Gasteiger partial charge in [0.05, 0.1) is 12.7 Å². The van der Waals surface area contributed by atoms with Crippen molar-refractivity contribution in [3.63, 3.8) is 0 Å². The van der Waals surface area contributed by atoms with E-state index in [4.69, 9.17) is 0 Å². The fraction of sp³-hybridized carbons (Fsp3) is 0.333. The number of carbonyl (C=O) groups is 2. The largest absolute Gasteiger partial charge is 0.465 e. The number of esters is 1. The van der Waals surface area contributed by atoms with Crippen LogP contribution in [0.25, 0.3) is 0 Å². The Bertz CT molecular complexity index is 497. The molecule has 1 aromatic rings. The number of anilines is 1. The summed E-state index contributed by atoms with van der Waals surface area (Å²) < 4.78 is 40.6. The van der Waals surface area contributed by atoms with Gasteiger partial charge in [-0.05, 0) is 24.6 Å². The molecular weight excluding hydrogens is 263 g/mol. The molecule has 0 saturated carbocycles. The summed E-state index contributed by atoms with van der Waals surface area (Å²) in [6, 6.07) is 4.32. The van der Waals surface area contributed by atoms with Gasteiger partial charge in [0.15, 0.2) is 0 Å². The van der Waals surface area contributed by atoms with E-state index in [2.05, 4.69) is 10.1 Å². The molecule has 0 heterocycles. The SMILES string of the molecule is COC(=O)c1cccc(NC(=O)CC(F)(F)F)c1C. The summed E-state index contributed by atoms with van der Waals surface area (Å²) in [5.41, 5.74) is 0.689. The number of hydrogen-bond donors (Lipinski definition) is 1. The van der Waals surface area contributed by atoms with E-state index >= 15 is 0 Å². The highest BCUT2D eigenvalue weighted by Gasteiger charge is 2.31. The Morgan fingerprint density at radius 3 is 2.47 bits per heavy atom. The van der Waals surface area contributed by atoms with Crippen LogP contribution in [0.15, 0.2) is 18.2 Å². The van der Waals surface area contributed by atoms with E-state index in [0.717, 1.165) is 0 Å². The second-order valence-electron chi connectivity index (χ2n) is 3.81. The minimum absolute atomic E-state index is 0.150. The highest BCUT2D eigenvalue weighted by atomic mass is 19.4. The van der Waals surface area contributed by atoms with E-state index in [9.17, 15) is 22.8 Å². The molecule has 0 radical (unpaired) electrons. The Balaban J connectivity index is 2.91. The van der Waals surface area contributed by atoms with E-state index in [1.54, 1.807) is 0 Å². The molecule has 0 spiro atoms. The molecule has 0 atom stereocenters. The summed E-state index contributed by atoms with van der Waals surface area (Å²) in [5, 5.41) is 2.12. The second kappa shape index (κ2) is 5.73. The first-order valence-electron chi connectivity index (χ1n) is 5.29. The van der Waals surface area contributed by atoms with E-state index in [1.807, 2.05) is 0 Å². The van der Waals surface area contributed by atoms with E-state index < -0.39 is 24.5 Å². The van der Waals surface area contributed by atoms with Crippen molar-refractivity contribution in [3.8, 4) is 0 Å². The molecule has 1 amide bonds. The molecule has 0 aliphatic rings. The fourth-order valence-corrected chi connectivity index (χ4v) is 1.48. The van der Waals surface area contributed by atoms with Gasteiger partial charge in [-0.25, -0.2) is 4.79 Å². The van der Waals surface area contributed by atoms with Crippen LogP contribution in [0, 0.1) is 6.92 Å². The van der Waals surface area contributed by atoms with Gasteiger partial charge in [0.1, 0.15) is 6.42 Å². The zero-order valence-electron chi connectivity index (χ0n) is 10.3. The Hall–Kier alpha value is -2.05. The summed E-state index contributed by atoms with van der Waals surface area (Å²) >= 11 is 0. The zero-order chi connectivity index (χ0) is 14.6. The molecule has 19 heavy (non-hydrogen) atoms. The number of halogens is 3. The van der Waals surface area contributed by atoms with Crippen LogP contribution < -0.4 is 5.32 Å². The zero-order valence-corrected chi connectivity index (χ0v) is 10.3. The van der Waals surface area contributed by atoms with Gasteiger partial charge < -0.3 is 10.1 Å². The number of hydrogen-bond acceptors (Lipinski definition) is 3. The Morgan fingerprint density at radius 1 is 1.32 bits per heavy atom. The third-order valence-electron chi connectivity index (χ3n) is 2.37. The van der Waals surface area contributed by atoms with Crippen molar-refractivity contribution in [2.24, 2.45) is 0 Å². The van der Waals surface area contributed by atoms with Crippen molar-refractivity contribution in [2.45, 2.75) is 19.5 Å². The van der Waals surface area contributed by atoms with Crippen LogP contribution >= 0.6 is 0 Å². The maximum atomic E-state index is 12.0. The normalized spacial score (nSPS) is 11.0. The van der Waals surface area contributed by atoms with Gasteiger partial charge in [-0.2, -0.15) is 13.2 Å². The van der Waals surface area contributed by atoms with Crippen molar-refractivity contribution < 1.29 is 27.5 Å². The first-order valence-corrected chi connectivity index (χ1v) is 5.29. The quantitative estimate of drug-likeness (QED) is 0.863. The van der Waals surface area contributed by atoms with Crippen molar-refractivity contribution >= 4 is 17.6 Å². The molecule has 0 fully saturated rings. The average molecular weight is 275 g/mol. The molecule has 1 rings (SSSR count). The summed E-state index contributed by atoms with van der Waals surface area (Å²) in [5.74, 6) is -1.80. The first kappa shape index (κ1) is 15.0. The van der Waals surface area contributed by atoms with E-state index in [-0.39, 0.29) is 11.3 Å². The van der Waals surface area contributed by atoms with Crippen molar-refractivity contribution in [1.82, 2.24) is 0 Å². The van der Waals surface area contributed by atoms with Crippen LogP contribution in [0.5, 0.6) is 0 Å². The fourth-order valence-electron chi connectivity index (χ4n) is 1.48. The van der Waals surface area contributed by atoms with Gasteiger partial charge in [0.2, 0.25) is 5.91 Å². The molecular formula is C12H12F3NO3. The summed E-state index contributed by atoms with van der Waals surface area (Å²) in [6.07, 6.45) is -6.15. The highest BCUT2D eigenvalue weighted by molar-refractivity contribution is 5.96. The smallest absolute Gasteiger partial charge is 0.397 e. The topological polar surface area (TPSA) is 55.4 Å². The lowest BCUT2D eigenvalue weighted by atomic mass is 10.1. The highest BCUT2D eigenvalue weighted by Crippen LogP contribution is 2.23. The van der Waals surface area contributed by atoms with E-state index in [0.29, 0.717) is 5.56 Å².